The fraction of sp³-hybridized carbons (Fsp3) is 0.308. The summed E-state index contributed by atoms with van der Waals surface area (Å²) >= 11 is 6.35. The van der Waals surface area contributed by atoms with Crippen LogP contribution in [0.2, 0.25) is 5.02 Å². The van der Waals surface area contributed by atoms with Gasteiger partial charge in [-0.15, -0.1) is 0 Å². The molecule has 3 N–H and O–H groups in total. The summed E-state index contributed by atoms with van der Waals surface area (Å²) in [5, 5.41) is 19.2. The minimum absolute atomic E-state index is 0.196. The smallest absolute Gasteiger partial charge is 0.253 e. The van der Waals surface area contributed by atoms with Crippen molar-refractivity contribution in [1.29, 1.82) is 5.26 Å². The number of likely N-dealkylation sites (N-methyl/N-ethyl adjacent to an activating group) is 1. The largest absolute Gasteiger partial charge is 0.370 e. The highest BCUT2D eigenvalue weighted by atomic mass is 35.5. The molecule has 36 heavy (non-hydrogen) atoms. The first kappa shape index (κ1) is 25.2. The van der Waals surface area contributed by atoms with Crippen LogP contribution in [0.1, 0.15) is 29.3 Å². The zero-order valence-corrected chi connectivity index (χ0v) is 21.3. The van der Waals surface area contributed by atoms with Gasteiger partial charge in [-0.05, 0) is 57.8 Å². The van der Waals surface area contributed by atoms with Gasteiger partial charge in [0.1, 0.15) is 11.1 Å². The summed E-state index contributed by atoms with van der Waals surface area (Å²) in [5.41, 5.74) is 3.15. The molecule has 1 fully saturated rings. The summed E-state index contributed by atoms with van der Waals surface area (Å²) in [7, 11) is 4.19. The molecule has 2 aromatic carbocycles. The van der Waals surface area contributed by atoms with Crippen molar-refractivity contribution in [3.05, 3.63) is 64.8 Å². The lowest BCUT2D eigenvalue weighted by atomic mass is 10.1. The molecule has 1 amide bonds. The van der Waals surface area contributed by atoms with Crippen LogP contribution in [0, 0.1) is 11.3 Å². The molecule has 10 heteroatoms. The SMILES string of the molecule is CCNC(=O)c1ccccc1Nc1nc(Nc2ccc(N3CC[C@H](N(C)C)C3)cc2C#N)ncc1Cl. The Hall–Kier alpha value is -3.87. The van der Waals surface area contributed by atoms with Gasteiger partial charge in [0.2, 0.25) is 5.95 Å². The number of anilines is 5. The number of aromatic nitrogens is 2. The van der Waals surface area contributed by atoms with E-state index in [1.165, 1.54) is 6.20 Å². The molecule has 0 bridgehead atoms. The van der Waals surface area contributed by atoms with Gasteiger partial charge in [0.05, 0.1) is 28.7 Å². The standard InChI is InChI=1S/C26H29ClN8O/c1-4-29-25(36)20-7-5-6-8-23(20)31-24-21(27)15-30-26(33-24)32-22-10-9-18(13-17(22)14-28)35-12-11-19(16-35)34(2)3/h5-10,13,15,19H,4,11-12,16H2,1-3H3,(H,29,36)(H2,30,31,32,33)/t19-/m0/s1. The molecule has 1 atom stereocenters. The average molecular weight is 505 g/mol. The van der Waals surface area contributed by atoms with Gasteiger partial charge in [-0.3, -0.25) is 4.79 Å². The van der Waals surface area contributed by atoms with Crippen LogP contribution in [0.4, 0.5) is 28.8 Å². The predicted molar refractivity (Wildman–Crippen MR) is 144 cm³/mol. The Bertz CT molecular complexity index is 1290. The molecule has 0 radical (unpaired) electrons. The van der Waals surface area contributed by atoms with Crippen LogP contribution in [0.3, 0.4) is 0 Å². The summed E-state index contributed by atoms with van der Waals surface area (Å²) in [4.78, 5) is 25.7. The second-order valence-corrected chi connectivity index (χ2v) is 9.15. The number of para-hydroxylation sites is 1. The highest BCUT2D eigenvalue weighted by Gasteiger charge is 2.24. The van der Waals surface area contributed by atoms with Crippen LogP contribution in [0.5, 0.6) is 0 Å². The number of benzene rings is 2. The monoisotopic (exact) mass is 504 g/mol. The minimum atomic E-state index is -0.196. The topological polar surface area (TPSA) is 109 Å². The van der Waals surface area contributed by atoms with Crippen molar-refractivity contribution in [3.8, 4) is 6.07 Å². The second-order valence-electron chi connectivity index (χ2n) is 8.74. The fourth-order valence-electron chi connectivity index (χ4n) is 4.14. The number of amides is 1. The van der Waals surface area contributed by atoms with E-state index >= 15 is 0 Å². The van der Waals surface area contributed by atoms with E-state index in [0.717, 1.165) is 25.2 Å². The van der Waals surface area contributed by atoms with Gasteiger partial charge in [0.25, 0.3) is 5.91 Å². The third-order valence-electron chi connectivity index (χ3n) is 6.14. The Morgan fingerprint density at radius 1 is 1.22 bits per heavy atom. The van der Waals surface area contributed by atoms with Gasteiger partial charge >= 0.3 is 0 Å². The maximum Gasteiger partial charge on any atom is 0.253 e. The Morgan fingerprint density at radius 3 is 2.75 bits per heavy atom. The van der Waals surface area contributed by atoms with Crippen LogP contribution >= 0.6 is 11.6 Å². The van der Waals surface area contributed by atoms with Gasteiger partial charge in [0.15, 0.2) is 5.82 Å². The number of nitriles is 1. The van der Waals surface area contributed by atoms with E-state index in [-0.39, 0.29) is 11.9 Å². The molecule has 0 unspecified atom stereocenters. The van der Waals surface area contributed by atoms with E-state index < -0.39 is 0 Å². The molecule has 4 rings (SSSR count). The third kappa shape index (κ3) is 5.67. The highest BCUT2D eigenvalue weighted by molar-refractivity contribution is 6.33. The van der Waals surface area contributed by atoms with Gasteiger partial charge < -0.3 is 25.8 Å². The van der Waals surface area contributed by atoms with Crippen LogP contribution in [0.15, 0.2) is 48.7 Å². The zero-order valence-electron chi connectivity index (χ0n) is 20.5. The Kier molecular flexibility index (Phi) is 7.88. The second kappa shape index (κ2) is 11.2. The number of halogens is 1. The number of nitrogens with one attached hydrogen (secondary N) is 3. The highest BCUT2D eigenvalue weighted by Crippen LogP contribution is 2.30. The van der Waals surface area contributed by atoms with E-state index in [2.05, 4.69) is 55.9 Å². The molecule has 186 valence electrons. The Morgan fingerprint density at radius 2 is 2.03 bits per heavy atom. The molecule has 2 heterocycles. The molecule has 0 aliphatic carbocycles. The summed E-state index contributed by atoms with van der Waals surface area (Å²) in [6.07, 6.45) is 2.56. The number of carbonyl (C=O) groups excluding carboxylic acids is 1. The zero-order chi connectivity index (χ0) is 25.7. The summed E-state index contributed by atoms with van der Waals surface area (Å²) in [6, 6.07) is 15.6. The summed E-state index contributed by atoms with van der Waals surface area (Å²) in [5.74, 6) is 0.418. The molecule has 1 saturated heterocycles. The molecular formula is C26H29ClN8O. The van der Waals surface area contributed by atoms with E-state index in [9.17, 15) is 10.1 Å². The molecule has 1 aromatic heterocycles. The predicted octanol–water partition coefficient (Wildman–Crippen LogP) is 4.38. The van der Waals surface area contributed by atoms with E-state index in [1.54, 1.807) is 18.2 Å². The summed E-state index contributed by atoms with van der Waals surface area (Å²) < 4.78 is 0. The van der Waals surface area contributed by atoms with Crippen molar-refractivity contribution in [3.63, 3.8) is 0 Å². The average Bonchev–Trinajstić information content (AvgIpc) is 3.38. The third-order valence-corrected chi connectivity index (χ3v) is 6.41. The van der Waals surface area contributed by atoms with Gasteiger partial charge in [-0.2, -0.15) is 10.2 Å². The summed E-state index contributed by atoms with van der Waals surface area (Å²) in [6.45, 7) is 4.26. The van der Waals surface area contributed by atoms with Crippen molar-refractivity contribution >= 4 is 46.3 Å². The number of nitrogens with zero attached hydrogens (tertiary/aromatic N) is 5. The lowest BCUT2D eigenvalue weighted by Gasteiger charge is -2.22. The number of hydrogen-bond acceptors (Lipinski definition) is 8. The molecule has 1 aliphatic heterocycles. The van der Waals surface area contributed by atoms with Crippen LogP contribution in [-0.4, -0.2) is 60.5 Å². The fourth-order valence-corrected chi connectivity index (χ4v) is 4.28. The van der Waals surface area contributed by atoms with E-state index in [4.69, 9.17) is 11.6 Å². The van der Waals surface area contributed by atoms with Crippen LogP contribution in [0.25, 0.3) is 0 Å². The van der Waals surface area contributed by atoms with Crippen LogP contribution < -0.4 is 20.9 Å². The molecule has 0 saturated carbocycles. The minimum Gasteiger partial charge on any atom is -0.370 e. The Labute approximate surface area is 216 Å². The lowest BCUT2D eigenvalue weighted by Crippen LogP contribution is -2.31. The van der Waals surface area contributed by atoms with E-state index in [1.807, 2.05) is 31.2 Å². The number of carbonyl (C=O) groups is 1. The van der Waals surface area contributed by atoms with Crippen molar-refractivity contribution in [1.82, 2.24) is 20.2 Å². The number of rotatable bonds is 8. The van der Waals surface area contributed by atoms with Crippen molar-refractivity contribution < 1.29 is 4.79 Å². The number of hydrogen-bond donors (Lipinski definition) is 3. The normalized spacial score (nSPS) is 15.0. The van der Waals surface area contributed by atoms with Crippen LogP contribution in [-0.2, 0) is 0 Å². The lowest BCUT2D eigenvalue weighted by molar-refractivity contribution is 0.0956. The molecule has 9 nitrogen and oxygen atoms in total. The van der Waals surface area contributed by atoms with Gasteiger partial charge in [-0.25, -0.2) is 4.98 Å². The first-order valence-electron chi connectivity index (χ1n) is 11.8. The van der Waals surface area contributed by atoms with Crippen molar-refractivity contribution in [2.45, 2.75) is 19.4 Å². The molecule has 1 aliphatic rings. The Balaban J connectivity index is 1.54. The quantitative estimate of drug-likeness (QED) is 0.414. The van der Waals surface area contributed by atoms with Crippen molar-refractivity contribution in [2.75, 3.05) is 49.3 Å². The first-order chi connectivity index (χ1) is 17.4. The van der Waals surface area contributed by atoms with E-state index in [0.29, 0.717) is 45.9 Å². The first-order valence-corrected chi connectivity index (χ1v) is 12.2. The van der Waals surface area contributed by atoms with Gasteiger partial charge in [0, 0.05) is 31.4 Å². The maximum atomic E-state index is 12.4. The molecule has 3 aromatic rings. The van der Waals surface area contributed by atoms with Crippen molar-refractivity contribution in [2.24, 2.45) is 0 Å². The maximum absolute atomic E-state index is 12.4. The molecule has 0 spiro atoms. The van der Waals surface area contributed by atoms with Gasteiger partial charge in [-0.1, -0.05) is 23.7 Å². The molecular weight excluding hydrogens is 476 g/mol.